The van der Waals surface area contributed by atoms with Gasteiger partial charge < -0.3 is 5.11 Å². The number of nitrogens with one attached hydrogen (secondary N) is 1. The fourth-order valence-electron chi connectivity index (χ4n) is 1.36. The van der Waals surface area contributed by atoms with Crippen molar-refractivity contribution in [2.24, 2.45) is 0 Å². The number of carboxylic acid groups (broad SMARTS) is 1. The second-order valence-electron chi connectivity index (χ2n) is 3.74. The van der Waals surface area contributed by atoms with Crippen molar-refractivity contribution in [1.29, 1.82) is 0 Å². The first kappa shape index (κ1) is 14.3. The molecule has 0 bridgehead atoms. The van der Waals surface area contributed by atoms with Gasteiger partial charge in [-0.15, -0.1) is 0 Å². The van der Waals surface area contributed by atoms with E-state index in [0.29, 0.717) is 0 Å². The van der Waals surface area contributed by atoms with Crippen molar-refractivity contribution in [3.8, 4) is 0 Å². The SMILES string of the molecule is O=C(O)Cn1cc(S(=O)(=O)Nc2ccc(Cl)nc2)cn1. The second-order valence-corrected chi connectivity index (χ2v) is 5.81. The highest BCUT2D eigenvalue weighted by molar-refractivity contribution is 7.92. The standard InChI is InChI=1S/C10H9ClN4O4S/c11-9-2-1-7(3-12-9)14-20(18,19)8-4-13-15(5-8)6-10(16)17/h1-5,14H,6H2,(H,16,17). The van der Waals surface area contributed by atoms with Crippen molar-refractivity contribution in [3.05, 3.63) is 35.9 Å². The number of hydrogen-bond donors (Lipinski definition) is 2. The Bertz CT molecular complexity index is 726. The lowest BCUT2D eigenvalue weighted by Gasteiger charge is -2.05. The maximum Gasteiger partial charge on any atom is 0.325 e. The van der Waals surface area contributed by atoms with Gasteiger partial charge in [0.05, 0.1) is 18.1 Å². The Kier molecular flexibility index (Phi) is 3.91. The first-order chi connectivity index (χ1) is 9.37. The summed E-state index contributed by atoms with van der Waals surface area (Å²) in [4.78, 5) is 14.1. The number of aliphatic carboxylic acids is 1. The average Bonchev–Trinajstić information content (AvgIpc) is 2.80. The van der Waals surface area contributed by atoms with Crippen LogP contribution in [0.4, 0.5) is 5.69 Å². The molecular formula is C10H9ClN4O4S. The third-order valence-electron chi connectivity index (χ3n) is 2.20. The molecule has 0 amide bonds. The zero-order valence-electron chi connectivity index (χ0n) is 9.89. The highest BCUT2D eigenvalue weighted by Gasteiger charge is 2.17. The van der Waals surface area contributed by atoms with Gasteiger partial charge in [-0.05, 0) is 12.1 Å². The van der Waals surface area contributed by atoms with Gasteiger partial charge in [0.25, 0.3) is 10.0 Å². The van der Waals surface area contributed by atoms with Crippen molar-refractivity contribution in [2.45, 2.75) is 11.4 Å². The molecule has 0 saturated carbocycles. The third-order valence-corrected chi connectivity index (χ3v) is 3.76. The molecular weight excluding hydrogens is 308 g/mol. The van der Waals surface area contributed by atoms with Gasteiger partial charge in [0.1, 0.15) is 16.6 Å². The second kappa shape index (κ2) is 5.47. The first-order valence-electron chi connectivity index (χ1n) is 5.25. The van der Waals surface area contributed by atoms with Crippen LogP contribution in [0.1, 0.15) is 0 Å². The van der Waals surface area contributed by atoms with E-state index >= 15 is 0 Å². The summed E-state index contributed by atoms with van der Waals surface area (Å²) >= 11 is 5.59. The number of carboxylic acids is 1. The molecule has 0 unspecified atom stereocenters. The van der Waals surface area contributed by atoms with Crippen molar-refractivity contribution in [2.75, 3.05) is 4.72 Å². The monoisotopic (exact) mass is 316 g/mol. The molecule has 0 aliphatic rings. The lowest BCUT2D eigenvalue weighted by Crippen LogP contribution is -2.13. The lowest BCUT2D eigenvalue weighted by atomic mass is 10.4. The van der Waals surface area contributed by atoms with E-state index in [1.165, 1.54) is 18.3 Å². The molecule has 20 heavy (non-hydrogen) atoms. The summed E-state index contributed by atoms with van der Waals surface area (Å²) in [6.45, 7) is -0.419. The summed E-state index contributed by atoms with van der Waals surface area (Å²) in [5.74, 6) is -1.12. The number of pyridine rings is 1. The number of rotatable bonds is 5. The topological polar surface area (TPSA) is 114 Å². The van der Waals surface area contributed by atoms with E-state index in [2.05, 4.69) is 14.8 Å². The summed E-state index contributed by atoms with van der Waals surface area (Å²) in [7, 11) is -3.85. The van der Waals surface area contributed by atoms with E-state index in [1.807, 2.05) is 0 Å². The minimum atomic E-state index is -3.85. The van der Waals surface area contributed by atoms with Crippen LogP contribution in [0.3, 0.4) is 0 Å². The molecule has 0 radical (unpaired) electrons. The first-order valence-corrected chi connectivity index (χ1v) is 7.11. The number of hydrogen-bond acceptors (Lipinski definition) is 5. The maximum absolute atomic E-state index is 12.0. The Labute approximate surface area is 119 Å². The Morgan fingerprint density at radius 1 is 1.40 bits per heavy atom. The summed E-state index contributed by atoms with van der Waals surface area (Å²) in [6, 6.07) is 2.89. The minimum Gasteiger partial charge on any atom is -0.480 e. The zero-order chi connectivity index (χ0) is 14.8. The number of nitrogens with zero attached hydrogens (tertiary/aromatic N) is 3. The van der Waals surface area contributed by atoms with E-state index in [9.17, 15) is 13.2 Å². The molecule has 8 nitrogen and oxygen atoms in total. The number of anilines is 1. The number of carbonyl (C=O) groups is 1. The molecule has 0 aliphatic carbocycles. The molecule has 10 heteroatoms. The van der Waals surface area contributed by atoms with Gasteiger partial charge in [-0.1, -0.05) is 11.6 Å². The summed E-state index contributed by atoms with van der Waals surface area (Å²) in [5.41, 5.74) is 0.236. The van der Waals surface area contributed by atoms with Gasteiger partial charge in [0.15, 0.2) is 0 Å². The summed E-state index contributed by atoms with van der Waals surface area (Å²) in [5, 5.41) is 12.5. The molecule has 2 heterocycles. The van der Waals surface area contributed by atoms with Crippen LogP contribution in [0.25, 0.3) is 0 Å². The normalized spacial score (nSPS) is 11.2. The van der Waals surface area contributed by atoms with Crippen molar-refractivity contribution in [3.63, 3.8) is 0 Å². The molecule has 2 N–H and O–H groups in total. The number of sulfonamides is 1. The molecule has 2 rings (SSSR count). The van der Waals surface area contributed by atoms with Crippen molar-refractivity contribution < 1.29 is 18.3 Å². The molecule has 0 aliphatic heterocycles. The zero-order valence-corrected chi connectivity index (χ0v) is 11.5. The smallest absolute Gasteiger partial charge is 0.325 e. The number of halogens is 1. The van der Waals surface area contributed by atoms with Crippen LogP contribution >= 0.6 is 11.6 Å². The lowest BCUT2D eigenvalue weighted by molar-refractivity contribution is -0.137. The van der Waals surface area contributed by atoms with Gasteiger partial charge in [0, 0.05) is 6.20 Å². The van der Waals surface area contributed by atoms with E-state index < -0.39 is 22.5 Å². The Morgan fingerprint density at radius 3 is 2.75 bits per heavy atom. The summed E-state index contributed by atoms with van der Waals surface area (Å²) < 4.78 is 27.3. The average molecular weight is 317 g/mol. The molecule has 0 aromatic carbocycles. The van der Waals surface area contributed by atoms with Crippen LogP contribution in [0.5, 0.6) is 0 Å². The molecule has 0 saturated heterocycles. The predicted molar refractivity (Wildman–Crippen MR) is 69.9 cm³/mol. The predicted octanol–water partition coefficient (Wildman–Crippen LogP) is 0.817. The fourth-order valence-corrected chi connectivity index (χ4v) is 2.47. The van der Waals surface area contributed by atoms with Crippen LogP contribution in [0.15, 0.2) is 35.6 Å². The highest BCUT2D eigenvalue weighted by Crippen LogP contribution is 2.16. The van der Waals surface area contributed by atoms with Gasteiger partial charge in [-0.25, -0.2) is 13.4 Å². The van der Waals surface area contributed by atoms with E-state index in [4.69, 9.17) is 16.7 Å². The highest BCUT2D eigenvalue weighted by atomic mass is 35.5. The molecule has 0 fully saturated rings. The largest absolute Gasteiger partial charge is 0.480 e. The van der Waals surface area contributed by atoms with Gasteiger partial charge in [-0.2, -0.15) is 5.10 Å². The molecule has 0 spiro atoms. The summed E-state index contributed by atoms with van der Waals surface area (Å²) in [6.07, 6.45) is 3.45. The van der Waals surface area contributed by atoms with Crippen LogP contribution in [0.2, 0.25) is 5.15 Å². The van der Waals surface area contributed by atoms with Gasteiger partial charge >= 0.3 is 5.97 Å². The molecule has 2 aromatic rings. The van der Waals surface area contributed by atoms with Crippen LogP contribution in [-0.4, -0.2) is 34.3 Å². The van der Waals surface area contributed by atoms with Gasteiger partial charge in [0.2, 0.25) is 0 Å². The van der Waals surface area contributed by atoms with Crippen molar-refractivity contribution in [1.82, 2.24) is 14.8 Å². The minimum absolute atomic E-state index is 0.145. The van der Waals surface area contributed by atoms with Crippen LogP contribution < -0.4 is 4.72 Å². The molecule has 0 atom stereocenters. The Balaban J connectivity index is 2.19. The quantitative estimate of drug-likeness (QED) is 0.789. The van der Waals surface area contributed by atoms with Crippen LogP contribution in [0, 0.1) is 0 Å². The Morgan fingerprint density at radius 2 is 2.15 bits per heavy atom. The van der Waals surface area contributed by atoms with Crippen molar-refractivity contribution >= 4 is 33.3 Å². The fraction of sp³-hybridized carbons (Fsp3) is 0.100. The molecule has 2 aromatic heterocycles. The van der Waals surface area contributed by atoms with E-state index in [1.54, 1.807) is 0 Å². The van der Waals surface area contributed by atoms with Gasteiger partial charge in [-0.3, -0.25) is 14.2 Å². The third kappa shape index (κ3) is 3.45. The van der Waals surface area contributed by atoms with E-state index in [0.717, 1.165) is 17.1 Å². The van der Waals surface area contributed by atoms with E-state index in [-0.39, 0.29) is 15.7 Å². The Hall–Kier alpha value is -2.13. The maximum atomic E-state index is 12.0. The molecule has 106 valence electrons. The number of aromatic nitrogens is 3. The van der Waals surface area contributed by atoms with Crippen LogP contribution in [-0.2, 0) is 21.4 Å².